The van der Waals surface area contributed by atoms with Gasteiger partial charge in [-0.3, -0.25) is 9.40 Å². The van der Waals surface area contributed by atoms with Crippen LogP contribution in [0.2, 0.25) is 0 Å². The van der Waals surface area contributed by atoms with E-state index in [1.165, 1.54) is 4.68 Å². The van der Waals surface area contributed by atoms with Crippen LogP contribution < -0.4 is 10.5 Å². The van der Waals surface area contributed by atoms with E-state index in [0.717, 1.165) is 16.8 Å². The third kappa shape index (κ3) is 2.62. The minimum absolute atomic E-state index is 0.0828. The van der Waals surface area contributed by atoms with Crippen LogP contribution in [0.1, 0.15) is 16.8 Å². The Labute approximate surface area is 118 Å². The highest BCUT2D eigenvalue weighted by molar-refractivity contribution is 7.92. The summed E-state index contributed by atoms with van der Waals surface area (Å²) in [6.45, 7) is 5.53. The van der Waals surface area contributed by atoms with E-state index in [0.29, 0.717) is 5.82 Å². The van der Waals surface area contributed by atoms with Gasteiger partial charge in [0.25, 0.3) is 10.0 Å². The molecular weight excluding hydrogens is 276 g/mol. The van der Waals surface area contributed by atoms with E-state index in [1.807, 2.05) is 13.8 Å². The fraction of sp³-hybridized carbons (Fsp3) is 0.308. The Hall–Kier alpha value is -2.02. The molecule has 0 spiro atoms. The number of anilines is 2. The maximum absolute atomic E-state index is 12.4. The molecule has 0 aliphatic rings. The topological polar surface area (TPSA) is 90.0 Å². The molecule has 0 aliphatic carbocycles. The molecule has 1 heterocycles. The molecule has 108 valence electrons. The van der Waals surface area contributed by atoms with Crippen molar-refractivity contribution in [3.8, 4) is 0 Å². The number of nitrogen functional groups attached to an aromatic ring is 1. The fourth-order valence-electron chi connectivity index (χ4n) is 1.94. The van der Waals surface area contributed by atoms with Crippen molar-refractivity contribution in [1.82, 2.24) is 9.78 Å². The van der Waals surface area contributed by atoms with Crippen molar-refractivity contribution in [1.29, 1.82) is 0 Å². The monoisotopic (exact) mass is 294 g/mol. The first-order valence-corrected chi connectivity index (χ1v) is 7.59. The van der Waals surface area contributed by atoms with Gasteiger partial charge in [-0.15, -0.1) is 0 Å². The number of nitrogens with two attached hydrogens (primary N) is 1. The van der Waals surface area contributed by atoms with Crippen LogP contribution in [0.5, 0.6) is 0 Å². The molecule has 0 bridgehead atoms. The molecule has 3 N–H and O–H groups in total. The van der Waals surface area contributed by atoms with Crippen LogP contribution in [0.25, 0.3) is 0 Å². The maximum atomic E-state index is 12.4. The van der Waals surface area contributed by atoms with Crippen molar-refractivity contribution in [3.63, 3.8) is 0 Å². The molecule has 0 saturated carbocycles. The van der Waals surface area contributed by atoms with Gasteiger partial charge < -0.3 is 5.73 Å². The zero-order valence-corrected chi connectivity index (χ0v) is 12.7. The standard InChI is InChI=1S/C13H18N4O2S/c1-8-5-11(14)12(6-9(8)2)20(18,19)16-13-7-10(3)15-17(13)4/h5-7,16H,14H2,1-4H3. The van der Waals surface area contributed by atoms with Crippen LogP contribution >= 0.6 is 0 Å². The van der Waals surface area contributed by atoms with E-state index in [2.05, 4.69) is 9.82 Å². The number of nitrogens with zero attached hydrogens (tertiary/aromatic N) is 2. The van der Waals surface area contributed by atoms with Crippen LogP contribution in [-0.4, -0.2) is 18.2 Å². The van der Waals surface area contributed by atoms with Gasteiger partial charge in [0.15, 0.2) is 0 Å². The second-order valence-electron chi connectivity index (χ2n) is 4.87. The number of hydrogen-bond donors (Lipinski definition) is 2. The summed E-state index contributed by atoms with van der Waals surface area (Å²) in [5.41, 5.74) is 8.63. The highest BCUT2D eigenvalue weighted by atomic mass is 32.2. The Bertz CT molecular complexity index is 763. The van der Waals surface area contributed by atoms with E-state index in [9.17, 15) is 8.42 Å². The number of sulfonamides is 1. The van der Waals surface area contributed by atoms with Gasteiger partial charge in [0, 0.05) is 13.1 Å². The Morgan fingerprint density at radius 2 is 1.75 bits per heavy atom. The lowest BCUT2D eigenvalue weighted by Crippen LogP contribution is -2.17. The summed E-state index contributed by atoms with van der Waals surface area (Å²) in [5.74, 6) is 0.403. The van der Waals surface area contributed by atoms with Crippen molar-refractivity contribution in [2.24, 2.45) is 7.05 Å². The first kappa shape index (κ1) is 14.4. The van der Waals surface area contributed by atoms with Crippen molar-refractivity contribution in [2.75, 3.05) is 10.5 Å². The van der Waals surface area contributed by atoms with Crippen molar-refractivity contribution < 1.29 is 8.42 Å². The number of hydrogen-bond acceptors (Lipinski definition) is 4. The molecule has 7 heteroatoms. The first-order valence-electron chi connectivity index (χ1n) is 6.11. The number of aryl methyl sites for hydroxylation is 4. The summed E-state index contributed by atoms with van der Waals surface area (Å²) in [6, 6.07) is 4.91. The summed E-state index contributed by atoms with van der Waals surface area (Å²) >= 11 is 0. The molecule has 1 aromatic heterocycles. The van der Waals surface area contributed by atoms with Gasteiger partial charge in [0.2, 0.25) is 0 Å². The quantitative estimate of drug-likeness (QED) is 0.844. The molecule has 20 heavy (non-hydrogen) atoms. The van der Waals surface area contributed by atoms with Gasteiger partial charge in [0.05, 0.1) is 11.4 Å². The highest BCUT2D eigenvalue weighted by Crippen LogP contribution is 2.25. The largest absolute Gasteiger partial charge is 0.398 e. The predicted molar refractivity (Wildman–Crippen MR) is 79.1 cm³/mol. The molecule has 1 aromatic carbocycles. The SMILES string of the molecule is Cc1cc(NS(=O)(=O)c2cc(C)c(C)cc2N)n(C)n1. The number of aromatic nitrogens is 2. The van der Waals surface area contributed by atoms with Gasteiger partial charge in [0.1, 0.15) is 10.7 Å². The second kappa shape index (κ2) is 4.82. The lowest BCUT2D eigenvalue weighted by atomic mass is 10.1. The molecule has 2 rings (SSSR count). The van der Waals surface area contributed by atoms with Gasteiger partial charge in [-0.2, -0.15) is 5.10 Å². The summed E-state index contributed by atoms with van der Waals surface area (Å²) < 4.78 is 28.8. The highest BCUT2D eigenvalue weighted by Gasteiger charge is 2.20. The van der Waals surface area contributed by atoms with E-state index < -0.39 is 10.0 Å². The first-order chi connectivity index (χ1) is 9.20. The Morgan fingerprint density at radius 3 is 2.30 bits per heavy atom. The number of benzene rings is 1. The van der Waals surface area contributed by atoms with E-state index in [4.69, 9.17) is 5.73 Å². The third-order valence-corrected chi connectivity index (χ3v) is 4.57. The minimum atomic E-state index is -3.73. The average molecular weight is 294 g/mol. The average Bonchev–Trinajstić information content (AvgIpc) is 2.61. The van der Waals surface area contributed by atoms with Crippen LogP contribution in [0, 0.1) is 20.8 Å². The summed E-state index contributed by atoms with van der Waals surface area (Å²) in [7, 11) is -2.05. The Balaban J connectivity index is 2.46. The Morgan fingerprint density at radius 1 is 1.15 bits per heavy atom. The lowest BCUT2D eigenvalue weighted by molar-refractivity contribution is 0.600. The summed E-state index contributed by atoms with van der Waals surface area (Å²) in [6.07, 6.45) is 0. The second-order valence-corrected chi connectivity index (χ2v) is 6.53. The zero-order chi connectivity index (χ0) is 15.1. The van der Waals surface area contributed by atoms with Crippen LogP contribution in [-0.2, 0) is 17.1 Å². The maximum Gasteiger partial charge on any atom is 0.265 e. The molecule has 0 atom stereocenters. The summed E-state index contributed by atoms with van der Waals surface area (Å²) in [5, 5.41) is 4.10. The summed E-state index contributed by atoms with van der Waals surface area (Å²) in [4.78, 5) is 0.0828. The molecule has 2 aromatic rings. The van der Waals surface area contributed by atoms with Crippen molar-refractivity contribution in [3.05, 3.63) is 35.0 Å². The predicted octanol–water partition coefficient (Wildman–Crippen LogP) is 1.73. The van der Waals surface area contributed by atoms with Gasteiger partial charge in [-0.25, -0.2) is 8.42 Å². The van der Waals surface area contributed by atoms with Crippen LogP contribution in [0.4, 0.5) is 11.5 Å². The van der Waals surface area contributed by atoms with Gasteiger partial charge in [-0.05, 0) is 44.0 Å². The number of rotatable bonds is 3. The molecular formula is C13H18N4O2S. The third-order valence-electron chi connectivity index (χ3n) is 3.16. The fourth-order valence-corrected chi connectivity index (χ4v) is 3.22. The molecule has 0 amide bonds. The lowest BCUT2D eigenvalue weighted by Gasteiger charge is -2.12. The number of nitrogens with one attached hydrogen (secondary N) is 1. The zero-order valence-electron chi connectivity index (χ0n) is 11.9. The van der Waals surface area contributed by atoms with E-state index >= 15 is 0 Å². The molecule has 0 aliphatic heterocycles. The van der Waals surface area contributed by atoms with Crippen LogP contribution in [0.15, 0.2) is 23.1 Å². The van der Waals surface area contributed by atoms with Crippen molar-refractivity contribution >= 4 is 21.5 Å². The minimum Gasteiger partial charge on any atom is -0.398 e. The van der Waals surface area contributed by atoms with Crippen molar-refractivity contribution in [2.45, 2.75) is 25.7 Å². The molecule has 0 unspecified atom stereocenters. The molecule has 0 radical (unpaired) electrons. The Kier molecular flexibility index (Phi) is 3.47. The van der Waals surface area contributed by atoms with E-state index in [-0.39, 0.29) is 10.6 Å². The molecule has 0 saturated heterocycles. The smallest absolute Gasteiger partial charge is 0.265 e. The van der Waals surface area contributed by atoms with Gasteiger partial charge >= 0.3 is 0 Å². The normalized spacial score (nSPS) is 11.6. The van der Waals surface area contributed by atoms with Crippen LogP contribution in [0.3, 0.4) is 0 Å². The van der Waals surface area contributed by atoms with E-state index in [1.54, 1.807) is 32.2 Å². The molecule has 0 fully saturated rings. The van der Waals surface area contributed by atoms with Gasteiger partial charge in [-0.1, -0.05) is 0 Å². The molecule has 6 nitrogen and oxygen atoms in total.